The number of nitrogens with zero attached hydrogens (tertiary/aromatic N) is 4. The van der Waals surface area contributed by atoms with Crippen molar-refractivity contribution in [3.8, 4) is 0 Å². The third-order valence-corrected chi connectivity index (χ3v) is 8.59. The van der Waals surface area contributed by atoms with Crippen molar-refractivity contribution in [3.63, 3.8) is 0 Å². The van der Waals surface area contributed by atoms with Gasteiger partial charge in [0.2, 0.25) is 15.9 Å². The molecule has 2 N–H and O–H groups in total. The molecule has 10 heteroatoms. The van der Waals surface area contributed by atoms with Crippen LogP contribution in [0.4, 0.5) is 5.69 Å². The number of carbonyl (C=O) groups excluding carboxylic acids is 1. The zero-order chi connectivity index (χ0) is 25.4. The molecule has 36 heavy (non-hydrogen) atoms. The number of benzene rings is 2. The molecule has 3 aliphatic rings. The van der Waals surface area contributed by atoms with Crippen LogP contribution in [0.15, 0.2) is 88.3 Å². The number of fused-ring (bicyclic) bond motifs is 1. The van der Waals surface area contributed by atoms with Crippen LogP contribution in [0.5, 0.6) is 0 Å². The molecule has 1 saturated heterocycles. The van der Waals surface area contributed by atoms with E-state index >= 15 is 0 Å². The zero-order valence-electron chi connectivity index (χ0n) is 20.5. The van der Waals surface area contributed by atoms with Crippen molar-refractivity contribution in [1.29, 1.82) is 0 Å². The first kappa shape index (κ1) is 24.2. The van der Waals surface area contributed by atoms with Gasteiger partial charge >= 0.3 is 0 Å². The second kappa shape index (κ2) is 9.53. The molecule has 1 fully saturated rings. The van der Waals surface area contributed by atoms with E-state index < -0.39 is 10.0 Å². The van der Waals surface area contributed by atoms with Crippen LogP contribution >= 0.6 is 0 Å². The van der Waals surface area contributed by atoms with Gasteiger partial charge in [0.25, 0.3) is 0 Å². The molecular weight excluding hydrogens is 476 g/mol. The van der Waals surface area contributed by atoms with Gasteiger partial charge in [-0.2, -0.15) is 4.31 Å². The standard InChI is InChI=1S/C26H30N6O3S/c1-18-15-25-28-24(20-7-5-4-6-8-20)16-26(32(25)29-18)27-21-9-11-23(12-10-21)36(34,35)31-14-13-22(17-31)30(3)19(2)33/h4-12,15-16,18,22,27,29H,13-14,17H2,1-3H3. The maximum Gasteiger partial charge on any atom is 0.243 e. The smallest absolute Gasteiger partial charge is 0.243 e. The number of sulfonamides is 1. The normalized spacial score (nSPS) is 22.0. The summed E-state index contributed by atoms with van der Waals surface area (Å²) in [6, 6.07) is 16.8. The van der Waals surface area contributed by atoms with Crippen molar-refractivity contribution >= 4 is 27.3 Å². The molecular formula is C26H30N6O3S. The SMILES string of the molecule is CC(=O)N(C)C1CCN(S(=O)(=O)c2ccc(NC3=CC(c4ccccc4)=NC4=CC(C)NN43)cc2)C1. The van der Waals surface area contributed by atoms with E-state index in [1.54, 1.807) is 36.2 Å². The minimum absolute atomic E-state index is 0.0629. The van der Waals surface area contributed by atoms with Crippen LogP contribution in [-0.4, -0.2) is 66.5 Å². The van der Waals surface area contributed by atoms with Crippen LogP contribution in [0.2, 0.25) is 0 Å². The van der Waals surface area contributed by atoms with Crippen LogP contribution in [0.25, 0.3) is 0 Å². The Balaban J connectivity index is 1.34. The number of allylic oxidation sites excluding steroid dienone is 1. The predicted octanol–water partition coefficient (Wildman–Crippen LogP) is 2.73. The van der Waals surface area contributed by atoms with E-state index in [1.807, 2.05) is 41.4 Å². The molecule has 0 saturated carbocycles. The number of hydrazine groups is 1. The largest absolute Gasteiger partial charge is 0.342 e. The lowest BCUT2D eigenvalue weighted by Gasteiger charge is -2.28. The summed E-state index contributed by atoms with van der Waals surface area (Å²) in [4.78, 5) is 18.3. The molecule has 2 aromatic carbocycles. The van der Waals surface area contributed by atoms with Gasteiger partial charge in [0, 0.05) is 56.5 Å². The third kappa shape index (κ3) is 4.67. The fourth-order valence-corrected chi connectivity index (χ4v) is 6.09. The quantitative estimate of drug-likeness (QED) is 0.625. The van der Waals surface area contributed by atoms with Crippen LogP contribution < -0.4 is 10.7 Å². The van der Waals surface area contributed by atoms with E-state index in [-0.39, 0.29) is 22.9 Å². The Hall–Kier alpha value is -3.47. The summed E-state index contributed by atoms with van der Waals surface area (Å²) in [7, 11) is -1.93. The van der Waals surface area contributed by atoms with Crippen LogP contribution in [-0.2, 0) is 14.8 Å². The van der Waals surface area contributed by atoms with E-state index in [2.05, 4.69) is 23.7 Å². The van der Waals surface area contributed by atoms with Crippen molar-refractivity contribution in [2.45, 2.75) is 37.2 Å². The van der Waals surface area contributed by atoms with Crippen LogP contribution in [0.3, 0.4) is 0 Å². The van der Waals surface area contributed by atoms with Gasteiger partial charge < -0.3 is 10.2 Å². The number of hydrogen-bond acceptors (Lipinski definition) is 7. The van der Waals surface area contributed by atoms with E-state index in [4.69, 9.17) is 4.99 Å². The zero-order valence-corrected chi connectivity index (χ0v) is 21.4. The molecule has 2 atom stereocenters. The molecule has 2 aromatic rings. The Labute approximate surface area is 211 Å². The minimum Gasteiger partial charge on any atom is -0.342 e. The topological polar surface area (TPSA) is 97.3 Å². The first-order valence-electron chi connectivity index (χ1n) is 12.0. The monoisotopic (exact) mass is 506 g/mol. The number of carbonyl (C=O) groups is 1. The van der Waals surface area contributed by atoms with Gasteiger partial charge in [0.05, 0.1) is 10.6 Å². The lowest BCUT2D eigenvalue weighted by atomic mass is 10.1. The average molecular weight is 507 g/mol. The first-order chi connectivity index (χ1) is 17.2. The summed E-state index contributed by atoms with van der Waals surface area (Å²) in [6.45, 7) is 4.25. The lowest BCUT2D eigenvalue weighted by Crippen LogP contribution is -2.39. The molecule has 3 heterocycles. The number of likely N-dealkylation sites (N-methyl/N-ethyl adjacent to an activating group) is 1. The van der Waals surface area contributed by atoms with Gasteiger partial charge in [-0.15, -0.1) is 0 Å². The predicted molar refractivity (Wildman–Crippen MR) is 139 cm³/mol. The highest BCUT2D eigenvalue weighted by molar-refractivity contribution is 7.89. The average Bonchev–Trinajstić information content (AvgIpc) is 3.51. The number of amides is 1. The van der Waals surface area contributed by atoms with Crippen molar-refractivity contribution in [1.82, 2.24) is 19.6 Å². The van der Waals surface area contributed by atoms with Gasteiger partial charge in [-0.3, -0.25) is 4.79 Å². The number of aliphatic imine (C=N–C) groups is 1. The van der Waals surface area contributed by atoms with E-state index in [0.29, 0.717) is 19.5 Å². The Bertz CT molecular complexity index is 1350. The maximum atomic E-state index is 13.2. The van der Waals surface area contributed by atoms with Crippen LogP contribution in [0.1, 0.15) is 25.8 Å². The number of rotatable bonds is 6. The number of hydrogen-bond donors (Lipinski definition) is 2. The van der Waals surface area contributed by atoms with Crippen LogP contribution in [0, 0.1) is 0 Å². The van der Waals surface area contributed by atoms with Crippen molar-refractivity contribution in [2.75, 3.05) is 25.5 Å². The minimum atomic E-state index is -3.64. The highest BCUT2D eigenvalue weighted by atomic mass is 32.2. The molecule has 188 valence electrons. The van der Waals surface area contributed by atoms with Crippen molar-refractivity contribution in [2.24, 2.45) is 4.99 Å². The van der Waals surface area contributed by atoms with Crippen molar-refractivity contribution in [3.05, 3.63) is 84.0 Å². The van der Waals surface area contributed by atoms with Gasteiger partial charge in [-0.05, 0) is 43.7 Å². The highest BCUT2D eigenvalue weighted by Gasteiger charge is 2.35. The third-order valence-electron chi connectivity index (χ3n) is 6.71. The molecule has 0 aliphatic carbocycles. The summed E-state index contributed by atoms with van der Waals surface area (Å²) >= 11 is 0. The molecule has 0 aromatic heterocycles. The molecule has 5 rings (SSSR count). The fraction of sp³-hybridized carbons (Fsp3) is 0.308. The second-order valence-electron chi connectivity index (χ2n) is 9.26. The molecule has 0 bridgehead atoms. The first-order valence-corrected chi connectivity index (χ1v) is 13.4. The van der Waals surface area contributed by atoms with Crippen molar-refractivity contribution < 1.29 is 13.2 Å². The Morgan fingerprint density at radius 1 is 1.14 bits per heavy atom. The molecule has 2 unspecified atom stereocenters. The van der Waals surface area contributed by atoms with Gasteiger partial charge in [-0.25, -0.2) is 23.8 Å². The number of nitrogens with one attached hydrogen (secondary N) is 2. The van der Waals surface area contributed by atoms with E-state index in [1.165, 1.54) is 11.2 Å². The second-order valence-corrected chi connectivity index (χ2v) is 11.2. The molecule has 1 amide bonds. The van der Waals surface area contributed by atoms with Gasteiger partial charge in [0.15, 0.2) is 0 Å². The summed E-state index contributed by atoms with van der Waals surface area (Å²) in [5.41, 5.74) is 5.97. The molecule has 9 nitrogen and oxygen atoms in total. The molecule has 0 radical (unpaired) electrons. The lowest BCUT2D eigenvalue weighted by molar-refractivity contribution is -0.129. The van der Waals surface area contributed by atoms with E-state index in [9.17, 15) is 13.2 Å². The van der Waals surface area contributed by atoms with E-state index in [0.717, 1.165) is 28.6 Å². The highest BCUT2D eigenvalue weighted by Crippen LogP contribution is 2.28. The number of anilines is 1. The maximum absolute atomic E-state index is 13.2. The Morgan fingerprint density at radius 2 is 1.86 bits per heavy atom. The summed E-state index contributed by atoms with van der Waals surface area (Å²) in [5, 5.41) is 5.31. The van der Waals surface area contributed by atoms with Gasteiger partial charge in [-0.1, -0.05) is 30.3 Å². The Kier molecular flexibility index (Phi) is 6.42. The summed E-state index contributed by atoms with van der Waals surface area (Å²) in [5.74, 6) is 1.54. The molecule has 0 spiro atoms. The Morgan fingerprint density at radius 3 is 2.56 bits per heavy atom. The van der Waals surface area contributed by atoms with Gasteiger partial charge in [0.1, 0.15) is 11.6 Å². The molecule has 3 aliphatic heterocycles. The summed E-state index contributed by atoms with van der Waals surface area (Å²) in [6.07, 6.45) is 4.66. The summed E-state index contributed by atoms with van der Waals surface area (Å²) < 4.78 is 27.9. The fourth-order valence-electron chi connectivity index (χ4n) is 4.59.